The molecule has 1 aromatic rings. The van der Waals surface area contributed by atoms with Crippen molar-refractivity contribution in [3.8, 4) is 0 Å². The number of esters is 1. The van der Waals surface area contributed by atoms with Crippen molar-refractivity contribution in [3.63, 3.8) is 0 Å². The van der Waals surface area contributed by atoms with Gasteiger partial charge in [-0.25, -0.2) is 0 Å². The fourth-order valence-electron chi connectivity index (χ4n) is 5.22. The van der Waals surface area contributed by atoms with Crippen LogP contribution in [0.5, 0.6) is 0 Å². The number of anilines is 1. The first kappa shape index (κ1) is 20.9. The van der Waals surface area contributed by atoms with Crippen molar-refractivity contribution < 1.29 is 19.1 Å². The Balaban J connectivity index is 1.38. The zero-order valence-electron chi connectivity index (χ0n) is 17.8. The molecule has 1 aliphatic carbocycles. The van der Waals surface area contributed by atoms with Gasteiger partial charge >= 0.3 is 5.97 Å². The van der Waals surface area contributed by atoms with Crippen molar-refractivity contribution in [2.24, 2.45) is 17.8 Å². The molecule has 2 amide bonds. The molecule has 162 valence electrons. The average molecular weight is 413 g/mol. The lowest BCUT2D eigenvalue weighted by Gasteiger charge is -2.33. The number of para-hydroxylation sites is 1. The number of carbonyl (C=O) groups is 3. The van der Waals surface area contributed by atoms with E-state index in [1.165, 1.54) is 5.56 Å². The molecule has 30 heavy (non-hydrogen) atoms. The lowest BCUT2D eigenvalue weighted by molar-refractivity contribution is -0.159. The van der Waals surface area contributed by atoms with E-state index < -0.39 is 5.92 Å². The number of piperidine rings is 1. The van der Waals surface area contributed by atoms with Gasteiger partial charge in [0.05, 0.1) is 11.8 Å². The van der Waals surface area contributed by atoms with Gasteiger partial charge in [0.2, 0.25) is 5.91 Å². The number of carbonyl (C=O) groups excluding carboxylic acids is 3. The summed E-state index contributed by atoms with van der Waals surface area (Å²) in [7, 11) is 0. The topological polar surface area (TPSA) is 66.9 Å². The normalized spacial score (nSPS) is 26.2. The van der Waals surface area contributed by atoms with E-state index in [1.54, 1.807) is 4.90 Å². The van der Waals surface area contributed by atoms with Crippen LogP contribution in [0.3, 0.4) is 0 Å². The van der Waals surface area contributed by atoms with Crippen LogP contribution in [0.2, 0.25) is 0 Å². The van der Waals surface area contributed by atoms with Crippen LogP contribution < -0.4 is 4.90 Å². The van der Waals surface area contributed by atoms with Crippen LogP contribution >= 0.6 is 0 Å². The van der Waals surface area contributed by atoms with E-state index in [4.69, 9.17) is 4.74 Å². The van der Waals surface area contributed by atoms with Crippen molar-refractivity contribution in [1.82, 2.24) is 4.90 Å². The number of likely N-dealkylation sites (tertiary alicyclic amines) is 1. The second kappa shape index (κ2) is 9.19. The number of benzene rings is 1. The summed E-state index contributed by atoms with van der Waals surface area (Å²) in [5.74, 6) is -0.810. The van der Waals surface area contributed by atoms with Crippen molar-refractivity contribution in [2.75, 3.05) is 31.1 Å². The first-order valence-electron chi connectivity index (χ1n) is 11.4. The zero-order valence-corrected chi connectivity index (χ0v) is 17.8. The third-order valence-corrected chi connectivity index (χ3v) is 6.89. The number of hydrogen-bond acceptors (Lipinski definition) is 4. The Bertz CT molecular complexity index is 808. The molecule has 0 radical (unpaired) electrons. The number of nitrogens with zero attached hydrogens (tertiary/aromatic N) is 2. The van der Waals surface area contributed by atoms with Gasteiger partial charge in [-0.3, -0.25) is 14.4 Å². The summed E-state index contributed by atoms with van der Waals surface area (Å²) in [6.45, 7) is 4.06. The summed E-state index contributed by atoms with van der Waals surface area (Å²) in [4.78, 5) is 42.3. The van der Waals surface area contributed by atoms with E-state index in [1.807, 2.05) is 23.1 Å². The van der Waals surface area contributed by atoms with Crippen molar-refractivity contribution in [1.29, 1.82) is 0 Å². The van der Waals surface area contributed by atoms with E-state index in [2.05, 4.69) is 13.0 Å². The van der Waals surface area contributed by atoms with Crippen LogP contribution in [0.25, 0.3) is 0 Å². The fraction of sp³-hybridized carbons (Fsp3) is 0.625. The van der Waals surface area contributed by atoms with Crippen molar-refractivity contribution >= 4 is 23.5 Å². The van der Waals surface area contributed by atoms with E-state index in [-0.39, 0.29) is 30.3 Å². The molecule has 2 aliphatic heterocycles. The smallest absolute Gasteiger partial charge is 0.310 e. The lowest BCUT2D eigenvalue weighted by Crippen LogP contribution is -2.44. The molecule has 3 aliphatic rings. The Labute approximate surface area is 178 Å². The van der Waals surface area contributed by atoms with Gasteiger partial charge in [-0.2, -0.15) is 0 Å². The molecule has 6 heteroatoms. The molecule has 1 saturated carbocycles. The highest BCUT2D eigenvalue weighted by Gasteiger charge is 2.40. The fourth-order valence-corrected chi connectivity index (χ4v) is 5.22. The highest BCUT2D eigenvalue weighted by Crippen LogP contribution is 2.36. The SMILES string of the molecule is CC1CCCN(C(=O)COC(=O)C2CCCCC2C(=O)N2CCc3ccccc32)C1. The van der Waals surface area contributed by atoms with Gasteiger partial charge in [-0.1, -0.05) is 38.0 Å². The quantitative estimate of drug-likeness (QED) is 0.713. The molecule has 0 N–H and O–H groups in total. The highest BCUT2D eigenvalue weighted by molar-refractivity contribution is 5.99. The molecule has 0 spiro atoms. The summed E-state index contributed by atoms with van der Waals surface area (Å²) in [6.07, 6.45) is 6.20. The predicted molar refractivity (Wildman–Crippen MR) is 114 cm³/mol. The summed E-state index contributed by atoms with van der Waals surface area (Å²) < 4.78 is 5.44. The standard InChI is InChI=1S/C24H32N2O4/c1-17-7-6-13-25(15-17)22(27)16-30-24(29)20-10-4-3-9-19(20)23(28)26-14-12-18-8-2-5-11-21(18)26/h2,5,8,11,17,19-20H,3-4,6-7,9-10,12-16H2,1H3. The molecule has 1 saturated heterocycles. The number of rotatable bonds is 4. The minimum Gasteiger partial charge on any atom is -0.455 e. The molecule has 3 atom stereocenters. The molecule has 4 rings (SSSR count). The first-order chi connectivity index (χ1) is 14.5. The Morgan fingerprint density at radius 3 is 2.57 bits per heavy atom. The van der Waals surface area contributed by atoms with Gasteiger partial charge in [0.1, 0.15) is 0 Å². The van der Waals surface area contributed by atoms with Crippen LogP contribution in [0, 0.1) is 17.8 Å². The number of hydrogen-bond donors (Lipinski definition) is 0. The van der Waals surface area contributed by atoms with Gasteiger partial charge in [-0.05, 0) is 49.7 Å². The van der Waals surface area contributed by atoms with E-state index in [9.17, 15) is 14.4 Å². The maximum absolute atomic E-state index is 13.3. The van der Waals surface area contributed by atoms with Gasteiger partial charge in [0.15, 0.2) is 6.61 Å². The van der Waals surface area contributed by atoms with E-state index in [0.717, 1.165) is 50.9 Å². The van der Waals surface area contributed by atoms with Crippen LogP contribution in [-0.4, -0.2) is 48.9 Å². The number of ether oxygens (including phenoxy) is 1. The molecular formula is C24H32N2O4. The Morgan fingerprint density at radius 2 is 1.77 bits per heavy atom. The highest BCUT2D eigenvalue weighted by atomic mass is 16.5. The third kappa shape index (κ3) is 4.37. The Kier molecular flexibility index (Phi) is 6.40. The predicted octanol–water partition coefficient (Wildman–Crippen LogP) is 3.18. The molecule has 0 bridgehead atoms. The second-order valence-electron chi connectivity index (χ2n) is 9.06. The minimum absolute atomic E-state index is 0.0257. The molecule has 1 aromatic carbocycles. The largest absolute Gasteiger partial charge is 0.455 e. The molecule has 0 aromatic heterocycles. The van der Waals surface area contributed by atoms with Crippen molar-refractivity contribution in [3.05, 3.63) is 29.8 Å². The van der Waals surface area contributed by atoms with Crippen LogP contribution in [0.15, 0.2) is 24.3 Å². The summed E-state index contributed by atoms with van der Waals surface area (Å²) in [5.41, 5.74) is 2.15. The second-order valence-corrected chi connectivity index (χ2v) is 9.06. The van der Waals surface area contributed by atoms with Gasteiger partial charge in [0, 0.05) is 25.3 Å². The summed E-state index contributed by atoms with van der Waals surface area (Å²) in [5, 5.41) is 0. The monoisotopic (exact) mass is 412 g/mol. The van der Waals surface area contributed by atoms with Gasteiger partial charge in [-0.15, -0.1) is 0 Å². The molecule has 3 unspecified atom stereocenters. The molecular weight excluding hydrogens is 380 g/mol. The molecule has 6 nitrogen and oxygen atoms in total. The zero-order chi connectivity index (χ0) is 21.1. The van der Waals surface area contributed by atoms with Crippen LogP contribution in [0.4, 0.5) is 5.69 Å². The minimum atomic E-state index is -0.452. The van der Waals surface area contributed by atoms with Crippen LogP contribution in [-0.2, 0) is 25.5 Å². The van der Waals surface area contributed by atoms with Gasteiger partial charge in [0.25, 0.3) is 5.91 Å². The first-order valence-corrected chi connectivity index (χ1v) is 11.4. The Hall–Kier alpha value is -2.37. The van der Waals surface area contributed by atoms with Gasteiger partial charge < -0.3 is 14.5 Å². The average Bonchev–Trinajstić information content (AvgIpc) is 3.21. The summed E-state index contributed by atoms with van der Waals surface area (Å²) >= 11 is 0. The number of amides is 2. The third-order valence-electron chi connectivity index (χ3n) is 6.89. The number of fused-ring (bicyclic) bond motifs is 1. The van der Waals surface area contributed by atoms with Crippen LogP contribution in [0.1, 0.15) is 51.0 Å². The Morgan fingerprint density at radius 1 is 1.00 bits per heavy atom. The van der Waals surface area contributed by atoms with E-state index in [0.29, 0.717) is 25.3 Å². The molecule has 2 fully saturated rings. The lowest BCUT2D eigenvalue weighted by atomic mass is 9.78. The van der Waals surface area contributed by atoms with Crippen molar-refractivity contribution in [2.45, 2.75) is 51.9 Å². The maximum Gasteiger partial charge on any atom is 0.310 e. The summed E-state index contributed by atoms with van der Waals surface area (Å²) in [6, 6.07) is 7.98. The maximum atomic E-state index is 13.3. The van der Waals surface area contributed by atoms with E-state index >= 15 is 0 Å². The molecule has 2 heterocycles.